The summed E-state index contributed by atoms with van der Waals surface area (Å²) in [6.07, 6.45) is -0.675. The second kappa shape index (κ2) is 13.2. The molecule has 0 aliphatic carbocycles. The number of methoxy groups -OCH3 is 2. The molecule has 0 spiro atoms. The van der Waals surface area contributed by atoms with E-state index < -0.39 is 41.6 Å². The van der Waals surface area contributed by atoms with Crippen molar-refractivity contribution in [2.45, 2.75) is 30.0 Å². The van der Waals surface area contributed by atoms with Crippen LogP contribution in [0.3, 0.4) is 0 Å². The lowest BCUT2D eigenvalue weighted by atomic mass is 9.79. The molecule has 3 atom stereocenters. The van der Waals surface area contributed by atoms with Gasteiger partial charge >= 0.3 is 5.69 Å². The molecule has 0 unspecified atom stereocenters. The van der Waals surface area contributed by atoms with Gasteiger partial charge in [0.2, 0.25) is 11.5 Å². The lowest BCUT2D eigenvalue weighted by Crippen LogP contribution is -2.48. The fourth-order valence-corrected chi connectivity index (χ4v) is 6.22. The number of ketones is 1. The Labute approximate surface area is 271 Å². The van der Waals surface area contributed by atoms with Gasteiger partial charge in [-0.1, -0.05) is 84.9 Å². The molecule has 3 N–H and O–H groups in total. The van der Waals surface area contributed by atoms with Crippen LogP contribution in [0.1, 0.15) is 33.5 Å². The fraction of sp³-hybridized carbons (Fsp3) is 0.216. The predicted octanol–water partition coefficient (Wildman–Crippen LogP) is 4.54. The third-order valence-corrected chi connectivity index (χ3v) is 8.53. The minimum Gasteiger partial charge on any atom is -0.497 e. The predicted molar refractivity (Wildman–Crippen MR) is 175 cm³/mol. The lowest BCUT2D eigenvalue weighted by Gasteiger charge is -2.39. The van der Waals surface area contributed by atoms with E-state index in [0.29, 0.717) is 17.1 Å². The molecule has 1 aliphatic heterocycles. The average Bonchev–Trinajstić information content (AvgIpc) is 3.50. The van der Waals surface area contributed by atoms with Gasteiger partial charge in [0, 0.05) is 18.2 Å². The van der Waals surface area contributed by atoms with Gasteiger partial charge in [0.1, 0.15) is 29.0 Å². The highest BCUT2D eigenvalue weighted by Gasteiger charge is 2.56. The number of anilines is 1. The Morgan fingerprint density at radius 1 is 0.872 bits per heavy atom. The maximum atomic E-state index is 14.4. The van der Waals surface area contributed by atoms with Gasteiger partial charge in [0.15, 0.2) is 0 Å². The van der Waals surface area contributed by atoms with Gasteiger partial charge in [-0.3, -0.25) is 9.36 Å². The number of aromatic nitrogens is 2. The van der Waals surface area contributed by atoms with Crippen LogP contribution in [-0.2, 0) is 20.8 Å². The Morgan fingerprint density at radius 2 is 1.40 bits per heavy atom. The van der Waals surface area contributed by atoms with E-state index in [9.17, 15) is 14.7 Å². The van der Waals surface area contributed by atoms with Crippen molar-refractivity contribution < 1.29 is 28.8 Å². The van der Waals surface area contributed by atoms with Crippen LogP contribution in [0, 0.1) is 0 Å². The first kappa shape index (κ1) is 31.7. The zero-order valence-electron chi connectivity index (χ0n) is 26.0. The van der Waals surface area contributed by atoms with Gasteiger partial charge in [-0.05, 0) is 47.0 Å². The maximum absolute atomic E-state index is 14.4. The molecule has 1 saturated heterocycles. The SMILES string of the molecule is COc1ccc(C(O[C@H]2C[C@](C(=O)c3ccccc3)(n3ccc(N)nc3=O)O[C@@H]2CO)(c2ccccc2)c2ccc(OC)cc2)cc1. The third kappa shape index (κ3) is 5.78. The number of carbonyl (C=O) groups is 1. The smallest absolute Gasteiger partial charge is 0.352 e. The van der Waals surface area contributed by atoms with Gasteiger partial charge in [-0.15, -0.1) is 0 Å². The first-order valence-electron chi connectivity index (χ1n) is 15.1. The van der Waals surface area contributed by atoms with E-state index in [1.165, 1.54) is 12.3 Å². The molecule has 1 aromatic heterocycles. The Balaban J connectivity index is 1.56. The molecule has 0 radical (unpaired) electrons. The molecule has 47 heavy (non-hydrogen) atoms. The van der Waals surface area contributed by atoms with E-state index >= 15 is 0 Å². The van der Waals surface area contributed by atoms with Crippen molar-refractivity contribution in [3.8, 4) is 11.5 Å². The van der Waals surface area contributed by atoms with Crippen LogP contribution in [0.25, 0.3) is 0 Å². The topological polar surface area (TPSA) is 135 Å². The highest BCUT2D eigenvalue weighted by molar-refractivity contribution is 6.01. The van der Waals surface area contributed by atoms with Crippen molar-refractivity contribution in [1.29, 1.82) is 0 Å². The molecule has 240 valence electrons. The van der Waals surface area contributed by atoms with Crippen LogP contribution in [0.2, 0.25) is 0 Å². The second-order valence-electron chi connectivity index (χ2n) is 11.2. The summed E-state index contributed by atoms with van der Waals surface area (Å²) in [5.74, 6) is 0.826. The Bertz CT molecular complexity index is 1830. The molecule has 10 heteroatoms. The molecule has 6 rings (SSSR count). The molecule has 0 amide bonds. The van der Waals surface area contributed by atoms with Crippen molar-refractivity contribution in [2.24, 2.45) is 0 Å². The van der Waals surface area contributed by atoms with Crippen molar-refractivity contribution in [3.63, 3.8) is 0 Å². The van der Waals surface area contributed by atoms with Gasteiger partial charge in [0.05, 0.1) is 26.9 Å². The fourth-order valence-electron chi connectivity index (χ4n) is 6.22. The molecule has 0 bridgehead atoms. The Hall–Kier alpha value is -5.29. The molecule has 10 nitrogen and oxygen atoms in total. The number of carbonyl (C=O) groups excluding carboxylic acids is 1. The number of nitrogens with two attached hydrogens (primary N) is 1. The number of rotatable bonds is 11. The molecular formula is C37H35N3O7. The number of hydrogen-bond acceptors (Lipinski definition) is 9. The highest BCUT2D eigenvalue weighted by Crippen LogP contribution is 2.47. The standard InChI is InChI=1S/C37H35N3O7/c1-44-29-17-13-27(14-18-29)37(26-11-7-4-8-12-26,28-15-19-30(45-2)20-16-28)47-31-23-36(46-32(31)24-41,34(42)25-9-5-3-6-10-25)40-22-21-33(38)39-35(40)43/h3-22,31-32,41H,23-24H2,1-2H3,(H2,38,39,43)/t31-,32+,36-/m0/s1. The number of aliphatic hydroxyl groups is 1. The summed E-state index contributed by atoms with van der Waals surface area (Å²) in [7, 11) is 3.19. The minimum atomic E-state index is -1.90. The summed E-state index contributed by atoms with van der Waals surface area (Å²) in [4.78, 5) is 31.7. The number of aliphatic hydroxyl groups excluding tert-OH is 1. The molecule has 1 fully saturated rings. The van der Waals surface area contributed by atoms with Crippen molar-refractivity contribution >= 4 is 11.6 Å². The number of benzene rings is 4. The van der Waals surface area contributed by atoms with Crippen molar-refractivity contribution in [2.75, 3.05) is 26.6 Å². The summed E-state index contributed by atoms with van der Waals surface area (Å²) in [5.41, 5.74) is 4.47. The number of ether oxygens (including phenoxy) is 4. The average molecular weight is 634 g/mol. The normalized spacial score (nSPS) is 19.3. The summed E-state index contributed by atoms with van der Waals surface area (Å²) < 4.78 is 25.8. The van der Waals surface area contributed by atoms with Crippen LogP contribution in [0.5, 0.6) is 11.5 Å². The molecule has 0 saturated carbocycles. The molecule has 4 aromatic carbocycles. The summed E-state index contributed by atoms with van der Waals surface area (Å²) in [6.45, 7) is -0.498. The zero-order chi connectivity index (χ0) is 33.0. The number of hydrogen-bond donors (Lipinski definition) is 2. The van der Waals surface area contributed by atoms with Gasteiger partial charge in [-0.25, -0.2) is 4.79 Å². The number of nitrogen functional groups attached to an aromatic ring is 1. The van der Waals surface area contributed by atoms with E-state index in [2.05, 4.69) is 4.98 Å². The van der Waals surface area contributed by atoms with Crippen molar-refractivity contribution in [1.82, 2.24) is 9.55 Å². The molecule has 1 aliphatic rings. The van der Waals surface area contributed by atoms with Gasteiger partial charge < -0.3 is 29.8 Å². The van der Waals surface area contributed by atoms with E-state index in [1.54, 1.807) is 44.6 Å². The maximum Gasteiger partial charge on any atom is 0.352 e. The van der Waals surface area contributed by atoms with Crippen LogP contribution >= 0.6 is 0 Å². The van der Waals surface area contributed by atoms with Crippen LogP contribution < -0.4 is 20.9 Å². The highest BCUT2D eigenvalue weighted by atomic mass is 16.6. The van der Waals surface area contributed by atoms with E-state index in [4.69, 9.17) is 24.7 Å². The summed E-state index contributed by atoms with van der Waals surface area (Å²) >= 11 is 0. The Kier molecular flexibility index (Phi) is 8.91. The molecule has 5 aromatic rings. The number of Topliss-reactive ketones (excluding diaryl/α,β-unsaturated/α-hetero) is 1. The van der Waals surface area contributed by atoms with Crippen LogP contribution in [-0.4, -0.2) is 53.5 Å². The first-order chi connectivity index (χ1) is 22.8. The third-order valence-electron chi connectivity index (χ3n) is 8.53. The molecular weight excluding hydrogens is 598 g/mol. The van der Waals surface area contributed by atoms with E-state index in [-0.39, 0.29) is 12.2 Å². The zero-order valence-corrected chi connectivity index (χ0v) is 26.0. The van der Waals surface area contributed by atoms with Gasteiger partial charge in [-0.2, -0.15) is 4.98 Å². The van der Waals surface area contributed by atoms with Crippen LogP contribution in [0.4, 0.5) is 5.82 Å². The Morgan fingerprint density at radius 3 is 1.91 bits per heavy atom. The molecule has 2 heterocycles. The van der Waals surface area contributed by atoms with Crippen molar-refractivity contribution in [3.05, 3.63) is 154 Å². The largest absolute Gasteiger partial charge is 0.497 e. The second-order valence-corrected chi connectivity index (χ2v) is 11.2. The quantitative estimate of drug-likeness (QED) is 0.159. The monoisotopic (exact) mass is 633 g/mol. The van der Waals surface area contributed by atoms with Gasteiger partial charge in [0.25, 0.3) is 0 Å². The summed E-state index contributed by atoms with van der Waals surface area (Å²) in [6, 6.07) is 34.6. The first-order valence-corrected chi connectivity index (χ1v) is 15.1. The summed E-state index contributed by atoms with van der Waals surface area (Å²) in [5, 5.41) is 10.8. The van der Waals surface area contributed by atoms with E-state index in [0.717, 1.165) is 21.3 Å². The van der Waals surface area contributed by atoms with E-state index in [1.807, 2.05) is 78.9 Å². The van der Waals surface area contributed by atoms with Crippen LogP contribution in [0.15, 0.2) is 126 Å². The lowest BCUT2D eigenvalue weighted by molar-refractivity contribution is -0.116. The minimum absolute atomic E-state index is 0.000159. The number of nitrogens with zero attached hydrogens (tertiary/aromatic N) is 2.